The average molecular weight is 587 g/mol. The van der Waals surface area contributed by atoms with Crippen LogP contribution in [0.1, 0.15) is 49.8 Å². The number of alkyl carbamates (subject to hydrolysis) is 1. The molecule has 2 aliphatic rings. The van der Waals surface area contributed by atoms with Crippen molar-refractivity contribution in [3.05, 3.63) is 52.8 Å². The maximum atomic E-state index is 13.6. The molecule has 41 heavy (non-hydrogen) atoms. The highest BCUT2D eigenvalue weighted by atomic mass is 35.5. The van der Waals surface area contributed by atoms with Gasteiger partial charge in [0.05, 0.1) is 20.3 Å². The lowest BCUT2D eigenvalue weighted by Crippen LogP contribution is -2.50. The number of amides is 2. The van der Waals surface area contributed by atoms with Gasteiger partial charge in [-0.05, 0) is 74.4 Å². The lowest BCUT2D eigenvalue weighted by atomic mass is 9.81. The third-order valence-corrected chi connectivity index (χ3v) is 8.44. The molecule has 0 spiro atoms. The fourth-order valence-electron chi connectivity index (χ4n) is 5.95. The van der Waals surface area contributed by atoms with Crippen LogP contribution in [0, 0.1) is 11.8 Å². The first-order valence-corrected chi connectivity index (χ1v) is 15.0. The summed E-state index contributed by atoms with van der Waals surface area (Å²) in [5.41, 5.74) is 3.75. The van der Waals surface area contributed by atoms with Gasteiger partial charge in [-0.1, -0.05) is 42.8 Å². The van der Waals surface area contributed by atoms with Crippen LogP contribution in [-0.4, -0.2) is 81.5 Å². The Bertz CT molecular complexity index is 1160. The van der Waals surface area contributed by atoms with E-state index in [0.29, 0.717) is 30.8 Å². The van der Waals surface area contributed by atoms with Gasteiger partial charge < -0.3 is 29.7 Å². The molecule has 1 saturated heterocycles. The van der Waals surface area contributed by atoms with Gasteiger partial charge in [0.15, 0.2) is 0 Å². The topological polar surface area (TPSA) is 102 Å². The number of nitrogens with one attached hydrogen (secondary N) is 2. The van der Waals surface area contributed by atoms with Crippen LogP contribution < -0.4 is 10.6 Å². The largest absolute Gasteiger partial charge is 0.453 e. The minimum absolute atomic E-state index is 0.0493. The number of hydrogen-bond donors (Lipinski definition) is 2. The first-order valence-electron chi connectivity index (χ1n) is 14.7. The molecule has 2 aromatic rings. The van der Waals surface area contributed by atoms with E-state index in [1.165, 1.54) is 12.7 Å². The van der Waals surface area contributed by atoms with E-state index in [9.17, 15) is 9.59 Å². The molecule has 0 radical (unpaired) electrons. The summed E-state index contributed by atoms with van der Waals surface area (Å²) in [6.07, 6.45) is 5.05. The molecule has 1 saturated carbocycles. The number of methoxy groups -OCH3 is 1. The Balaban J connectivity index is 1.57. The summed E-state index contributed by atoms with van der Waals surface area (Å²) in [5.74, 6) is 0.892. The predicted molar refractivity (Wildman–Crippen MR) is 159 cm³/mol. The van der Waals surface area contributed by atoms with E-state index in [1.54, 1.807) is 6.20 Å². The molecule has 1 aliphatic carbocycles. The molecule has 10 heteroatoms. The molecule has 2 amide bonds. The van der Waals surface area contributed by atoms with Crippen LogP contribution in [0.15, 0.2) is 36.5 Å². The van der Waals surface area contributed by atoms with Crippen molar-refractivity contribution in [1.29, 1.82) is 0 Å². The van der Waals surface area contributed by atoms with Gasteiger partial charge in [0, 0.05) is 37.3 Å². The van der Waals surface area contributed by atoms with Crippen molar-refractivity contribution < 1.29 is 23.8 Å². The summed E-state index contributed by atoms with van der Waals surface area (Å²) >= 11 is 6.73. The van der Waals surface area contributed by atoms with Gasteiger partial charge in [0.1, 0.15) is 17.4 Å². The molecule has 0 unspecified atom stereocenters. The number of halogens is 1. The lowest BCUT2D eigenvalue weighted by molar-refractivity contribution is -0.153. The van der Waals surface area contributed by atoms with Crippen molar-refractivity contribution in [2.75, 3.05) is 53.6 Å². The van der Waals surface area contributed by atoms with Crippen molar-refractivity contribution in [2.24, 2.45) is 11.8 Å². The summed E-state index contributed by atoms with van der Waals surface area (Å²) < 4.78 is 17.4. The second-order valence-electron chi connectivity index (χ2n) is 10.8. The van der Waals surface area contributed by atoms with Crippen molar-refractivity contribution in [3.63, 3.8) is 0 Å². The Morgan fingerprint density at radius 3 is 2.76 bits per heavy atom. The molecule has 1 aromatic heterocycles. The van der Waals surface area contributed by atoms with Gasteiger partial charge in [-0.3, -0.25) is 4.79 Å². The van der Waals surface area contributed by atoms with Crippen LogP contribution in [-0.2, 0) is 25.4 Å². The molecule has 2 heterocycles. The lowest BCUT2D eigenvalue weighted by Gasteiger charge is -2.40. The molecule has 2 fully saturated rings. The first-order chi connectivity index (χ1) is 19.9. The quantitative estimate of drug-likeness (QED) is 0.292. The number of hydrogen-bond acceptors (Lipinski definition) is 7. The number of rotatable bonds is 11. The molecular weight excluding hydrogens is 544 g/mol. The number of carbonyl (C=O) groups excluding carboxylic acids is 2. The zero-order valence-corrected chi connectivity index (χ0v) is 25.1. The second kappa shape index (κ2) is 15.5. The minimum Gasteiger partial charge on any atom is -0.453 e. The zero-order valence-electron chi connectivity index (χ0n) is 24.4. The second-order valence-corrected chi connectivity index (χ2v) is 11.2. The number of morpholine rings is 1. The molecular formula is C31H43ClN4O5. The maximum Gasteiger partial charge on any atom is 0.406 e. The van der Waals surface area contributed by atoms with Gasteiger partial charge >= 0.3 is 6.09 Å². The van der Waals surface area contributed by atoms with E-state index < -0.39 is 18.3 Å². The van der Waals surface area contributed by atoms with E-state index in [1.807, 2.05) is 30.1 Å². The first kappa shape index (κ1) is 31.2. The summed E-state index contributed by atoms with van der Waals surface area (Å²) in [4.78, 5) is 31.6. The number of nitrogens with zero attached hydrogens (tertiary/aromatic N) is 2. The smallest absolute Gasteiger partial charge is 0.406 e. The van der Waals surface area contributed by atoms with Crippen LogP contribution >= 0.6 is 11.6 Å². The standard InChI is InChI=1S/C31H43ClN4O5/c1-4-21-6-5-7-24(18-21)27-25(12-13-34-29(27)32)28(41-16-14-35-31(38)39-3)26-20-36(15-17-40-26)30(37)23-10-8-22(9-11-23)19-33-2/h5-7,12-13,18,22-23,26,28,33H,4,8-11,14-17,19-20H2,1-3H3,(H,35,38)/t22?,23?,26-,28+/m1/s1. The Kier molecular flexibility index (Phi) is 11.8. The average Bonchev–Trinajstić information content (AvgIpc) is 3.01. The van der Waals surface area contributed by atoms with Crippen molar-refractivity contribution in [2.45, 2.75) is 51.2 Å². The number of ether oxygens (including phenoxy) is 3. The molecule has 224 valence electrons. The Morgan fingerprint density at radius 2 is 2.02 bits per heavy atom. The van der Waals surface area contributed by atoms with Crippen LogP contribution in [0.2, 0.25) is 5.15 Å². The highest BCUT2D eigenvalue weighted by molar-refractivity contribution is 6.32. The van der Waals surface area contributed by atoms with Crippen LogP contribution in [0.5, 0.6) is 0 Å². The number of pyridine rings is 1. The fraction of sp³-hybridized carbons (Fsp3) is 0.581. The SMILES string of the molecule is CCc1cccc(-c2c([C@H](OCCNC(=O)OC)[C@H]3CN(C(=O)C4CCC(CNC)CC4)CCO3)ccnc2Cl)c1. The molecule has 1 aliphatic heterocycles. The van der Waals surface area contributed by atoms with Crippen LogP contribution in [0.25, 0.3) is 11.1 Å². The third-order valence-electron chi connectivity index (χ3n) is 8.15. The van der Waals surface area contributed by atoms with Crippen molar-refractivity contribution >= 4 is 23.6 Å². The summed E-state index contributed by atoms with van der Waals surface area (Å²) in [6.45, 7) is 4.99. The molecule has 2 atom stereocenters. The molecule has 9 nitrogen and oxygen atoms in total. The highest BCUT2D eigenvalue weighted by Gasteiger charge is 2.37. The van der Waals surface area contributed by atoms with E-state index in [0.717, 1.165) is 55.3 Å². The fourth-order valence-corrected chi connectivity index (χ4v) is 6.22. The predicted octanol–water partition coefficient (Wildman–Crippen LogP) is 4.63. The summed E-state index contributed by atoms with van der Waals surface area (Å²) in [6, 6.07) is 10.1. The van der Waals surface area contributed by atoms with Crippen LogP contribution in [0.4, 0.5) is 4.79 Å². The van der Waals surface area contributed by atoms with E-state index in [-0.39, 0.29) is 25.0 Å². The Hall–Kier alpha value is -2.72. The molecule has 1 aromatic carbocycles. The van der Waals surface area contributed by atoms with E-state index in [4.69, 9.17) is 21.1 Å². The Labute approximate surface area is 248 Å². The van der Waals surface area contributed by atoms with Crippen molar-refractivity contribution in [1.82, 2.24) is 20.5 Å². The Morgan fingerprint density at radius 1 is 1.22 bits per heavy atom. The van der Waals surface area contributed by atoms with E-state index in [2.05, 4.69) is 39.4 Å². The van der Waals surface area contributed by atoms with Gasteiger partial charge in [-0.15, -0.1) is 0 Å². The summed E-state index contributed by atoms with van der Waals surface area (Å²) in [7, 11) is 3.31. The number of aromatic nitrogens is 1. The van der Waals surface area contributed by atoms with Gasteiger partial charge in [-0.2, -0.15) is 0 Å². The third kappa shape index (κ3) is 8.19. The zero-order chi connectivity index (χ0) is 29.2. The van der Waals surface area contributed by atoms with Gasteiger partial charge in [0.2, 0.25) is 5.91 Å². The van der Waals surface area contributed by atoms with Crippen LogP contribution in [0.3, 0.4) is 0 Å². The highest BCUT2D eigenvalue weighted by Crippen LogP contribution is 2.38. The minimum atomic E-state index is -0.544. The normalized spacial score (nSPS) is 21.8. The van der Waals surface area contributed by atoms with Gasteiger partial charge in [0.25, 0.3) is 0 Å². The molecule has 0 bridgehead atoms. The maximum absolute atomic E-state index is 13.6. The number of carbonyl (C=O) groups is 2. The molecule has 4 rings (SSSR count). The van der Waals surface area contributed by atoms with Gasteiger partial charge in [-0.25, -0.2) is 9.78 Å². The summed E-state index contributed by atoms with van der Waals surface area (Å²) in [5, 5.41) is 6.30. The molecule has 2 N–H and O–H groups in total. The van der Waals surface area contributed by atoms with E-state index >= 15 is 0 Å². The number of benzene rings is 1. The number of aryl methyl sites for hydroxylation is 1. The monoisotopic (exact) mass is 586 g/mol. The van der Waals surface area contributed by atoms with Crippen molar-refractivity contribution in [3.8, 4) is 11.1 Å².